The summed E-state index contributed by atoms with van der Waals surface area (Å²) in [6, 6.07) is 0. The van der Waals surface area contributed by atoms with Crippen LogP contribution in [0.1, 0.15) is 181 Å². The highest BCUT2D eigenvalue weighted by Gasteiger charge is 2.29. The van der Waals surface area contributed by atoms with Crippen molar-refractivity contribution in [3.8, 4) is 0 Å². The Kier molecular flexibility index (Phi) is 29.8. The third-order valence-corrected chi connectivity index (χ3v) is 7.78. The van der Waals surface area contributed by atoms with Gasteiger partial charge in [-0.2, -0.15) is 0 Å². The lowest BCUT2D eigenvalue weighted by atomic mass is 10.0. The zero-order chi connectivity index (χ0) is 29.5. The van der Waals surface area contributed by atoms with Gasteiger partial charge in [0, 0.05) is 12.8 Å². The van der Waals surface area contributed by atoms with E-state index in [2.05, 4.69) is 26.0 Å². The fraction of sp³-hybridized carbons (Fsp3) is 0.886. The lowest BCUT2D eigenvalue weighted by Gasteiger charge is -2.20. The number of hydrogen-bond acceptors (Lipinski definition) is 5. The molecule has 0 bridgehead atoms. The SMILES string of the molecule is CCCCCCCC/C=C\CCCCCCCC(=O)OC(C(=O)CCCCCCCCCCCCC)C(O)CO. The molecule has 0 heterocycles. The zero-order valence-corrected chi connectivity index (χ0v) is 26.5. The molecular weight excluding hydrogens is 500 g/mol. The monoisotopic (exact) mass is 566 g/mol. The number of aliphatic hydroxyl groups excluding tert-OH is 2. The normalized spacial score (nSPS) is 13.1. The van der Waals surface area contributed by atoms with Crippen molar-refractivity contribution in [1.82, 2.24) is 0 Å². The summed E-state index contributed by atoms with van der Waals surface area (Å²) in [5, 5.41) is 19.4. The Morgan fingerprint density at radius 3 is 1.38 bits per heavy atom. The minimum atomic E-state index is -1.35. The molecular formula is C35H66O5. The molecule has 0 aliphatic heterocycles. The van der Waals surface area contributed by atoms with Gasteiger partial charge in [-0.1, -0.05) is 142 Å². The summed E-state index contributed by atoms with van der Waals surface area (Å²) >= 11 is 0. The summed E-state index contributed by atoms with van der Waals surface area (Å²) < 4.78 is 5.33. The summed E-state index contributed by atoms with van der Waals surface area (Å²) in [6.45, 7) is 3.90. The van der Waals surface area contributed by atoms with Crippen LogP contribution in [0.3, 0.4) is 0 Å². The first kappa shape index (κ1) is 38.8. The number of allylic oxidation sites excluding steroid dienone is 2. The predicted octanol–water partition coefficient (Wildman–Crippen LogP) is 9.56. The molecule has 2 unspecified atom stereocenters. The van der Waals surface area contributed by atoms with Gasteiger partial charge in [0.05, 0.1) is 6.61 Å². The van der Waals surface area contributed by atoms with Gasteiger partial charge in [0.1, 0.15) is 6.10 Å². The molecule has 0 aromatic rings. The lowest BCUT2D eigenvalue weighted by molar-refractivity contribution is -0.163. The largest absolute Gasteiger partial charge is 0.451 e. The third kappa shape index (κ3) is 25.7. The number of esters is 1. The Morgan fingerprint density at radius 2 is 0.950 bits per heavy atom. The number of aliphatic hydroxyl groups is 2. The maximum absolute atomic E-state index is 12.6. The topological polar surface area (TPSA) is 83.8 Å². The standard InChI is InChI=1S/C35H66O5/c1-3-5-7-9-11-13-15-16-17-18-20-22-24-26-28-30-34(39)40-35(33(38)31-36)32(37)29-27-25-23-21-19-14-12-10-8-6-4-2/h16-17,33,35-36,38H,3-15,18-31H2,1-2H3/b17-16-. The minimum absolute atomic E-state index is 0.249. The van der Waals surface area contributed by atoms with Crippen molar-refractivity contribution in [2.75, 3.05) is 6.61 Å². The number of carbonyl (C=O) groups is 2. The number of unbranched alkanes of at least 4 members (excludes halogenated alkanes) is 21. The first-order valence-electron chi connectivity index (χ1n) is 17.2. The molecule has 2 atom stereocenters. The van der Waals surface area contributed by atoms with Crippen LogP contribution in [0.25, 0.3) is 0 Å². The van der Waals surface area contributed by atoms with Crippen LogP contribution in [0.5, 0.6) is 0 Å². The van der Waals surface area contributed by atoms with Crippen LogP contribution in [0.2, 0.25) is 0 Å². The average molecular weight is 567 g/mol. The molecule has 2 N–H and O–H groups in total. The number of ketones is 1. The quantitative estimate of drug-likeness (QED) is 0.0496. The van der Waals surface area contributed by atoms with Gasteiger partial charge in [0.25, 0.3) is 0 Å². The predicted molar refractivity (Wildman–Crippen MR) is 169 cm³/mol. The van der Waals surface area contributed by atoms with Crippen molar-refractivity contribution in [2.24, 2.45) is 0 Å². The second kappa shape index (κ2) is 30.8. The van der Waals surface area contributed by atoms with E-state index in [0.717, 1.165) is 51.4 Å². The van der Waals surface area contributed by atoms with Gasteiger partial charge in [0.15, 0.2) is 11.9 Å². The van der Waals surface area contributed by atoms with E-state index in [9.17, 15) is 19.8 Å². The molecule has 0 saturated carbocycles. The second-order valence-electron chi connectivity index (χ2n) is 11.7. The van der Waals surface area contributed by atoms with Crippen molar-refractivity contribution in [2.45, 2.75) is 193 Å². The molecule has 5 nitrogen and oxygen atoms in total. The number of rotatable bonds is 31. The van der Waals surface area contributed by atoms with E-state index >= 15 is 0 Å². The summed E-state index contributed by atoms with van der Waals surface area (Å²) in [7, 11) is 0. The van der Waals surface area contributed by atoms with Gasteiger partial charge in [-0.25, -0.2) is 0 Å². The Bertz CT molecular complexity index is 588. The molecule has 0 fully saturated rings. The van der Waals surface area contributed by atoms with Crippen LogP contribution in [0.15, 0.2) is 12.2 Å². The van der Waals surface area contributed by atoms with Gasteiger partial charge >= 0.3 is 5.97 Å². The van der Waals surface area contributed by atoms with Crippen LogP contribution in [0, 0.1) is 0 Å². The van der Waals surface area contributed by atoms with Crippen LogP contribution in [-0.2, 0) is 14.3 Å². The Morgan fingerprint density at radius 1 is 0.575 bits per heavy atom. The van der Waals surface area contributed by atoms with Crippen molar-refractivity contribution in [3.05, 3.63) is 12.2 Å². The Balaban J connectivity index is 3.84. The van der Waals surface area contributed by atoms with Crippen LogP contribution in [-0.4, -0.2) is 40.8 Å². The third-order valence-electron chi connectivity index (χ3n) is 7.78. The molecule has 236 valence electrons. The number of Topliss-reactive ketones (excluding diaryl/α,β-unsaturated/α-hetero) is 1. The lowest BCUT2D eigenvalue weighted by Crippen LogP contribution is -2.40. The Labute approximate surface area is 247 Å². The maximum atomic E-state index is 12.6. The molecule has 0 aromatic carbocycles. The maximum Gasteiger partial charge on any atom is 0.306 e. The Hall–Kier alpha value is -1.20. The van der Waals surface area contributed by atoms with Crippen LogP contribution in [0.4, 0.5) is 0 Å². The van der Waals surface area contributed by atoms with E-state index in [1.54, 1.807) is 0 Å². The summed E-state index contributed by atoms with van der Waals surface area (Å²) in [4.78, 5) is 24.9. The molecule has 40 heavy (non-hydrogen) atoms. The highest BCUT2D eigenvalue weighted by atomic mass is 16.6. The van der Waals surface area contributed by atoms with Gasteiger partial charge in [-0.05, 0) is 38.5 Å². The minimum Gasteiger partial charge on any atom is -0.451 e. The second-order valence-corrected chi connectivity index (χ2v) is 11.7. The van der Waals surface area contributed by atoms with Gasteiger partial charge < -0.3 is 14.9 Å². The molecule has 0 amide bonds. The van der Waals surface area contributed by atoms with E-state index in [1.165, 1.54) is 103 Å². The average Bonchev–Trinajstić information content (AvgIpc) is 2.96. The highest BCUT2D eigenvalue weighted by Crippen LogP contribution is 2.15. The van der Waals surface area contributed by atoms with E-state index in [0.29, 0.717) is 0 Å². The molecule has 0 aliphatic rings. The van der Waals surface area contributed by atoms with Gasteiger partial charge in [-0.15, -0.1) is 0 Å². The first-order valence-corrected chi connectivity index (χ1v) is 17.2. The first-order chi connectivity index (χ1) is 19.6. The molecule has 0 radical (unpaired) electrons. The van der Waals surface area contributed by atoms with Crippen molar-refractivity contribution < 1.29 is 24.5 Å². The van der Waals surface area contributed by atoms with E-state index in [4.69, 9.17) is 4.74 Å². The van der Waals surface area contributed by atoms with Crippen molar-refractivity contribution in [3.63, 3.8) is 0 Å². The summed E-state index contributed by atoms with van der Waals surface area (Å²) in [5.41, 5.74) is 0. The number of hydrogen-bond donors (Lipinski definition) is 2. The molecule has 0 aromatic heterocycles. The van der Waals surface area contributed by atoms with Gasteiger partial charge in [0.2, 0.25) is 0 Å². The molecule has 0 saturated heterocycles. The summed E-state index contributed by atoms with van der Waals surface area (Å²) in [6.07, 6.45) is 31.2. The van der Waals surface area contributed by atoms with E-state index < -0.39 is 24.8 Å². The van der Waals surface area contributed by atoms with Crippen molar-refractivity contribution in [1.29, 1.82) is 0 Å². The molecule has 0 spiro atoms. The van der Waals surface area contributed by atoms with E-state index in [-0.39, 0.29) is 18.6 Å². The number of ether oxygens (including phenoxy) is 1. The van der Waals surface area contributed by atoms with Crippen LogP contribution < -0.4 is 0 Å². The fourth-order valence-electron chi connectivity index (χ4n) is 5.10. The van der Waals surface area contributed by atoms with Gasteiger partial charge in [-0.3, -0.25) is 9.59 Å². The highest BCUT2D eigenvalue weighted by molar-refractivity contribution is 5.86. The molecule has 5 heteroatoms. The van der Waals surface area contributed by atoms with Crippen LogP contribution >= 0.6 is 0 Å². The fourth-order valence-corrected chi connectivity index (χ4v) is 5.10. The summed E-state index contributed by atoms with van der Waals surface area (Å²) in [5.74, 6) is -0.738. The van der Waals surface area contributed by atoms with Crippen molar-refractivity contribution >= 4 is 11.8 Å². The molecule has 0 rings (SSSR count). The van der Waals surface area contributed by atoms with E-state index in [1.807, 2.05) is 0 Å². The number of carbonyl (C=O) groups excluding carboxylic acids is 2. The smallest absolute Gasteiger partial charge is 0.306 e. The zero-order valence-electron chi connectivity index (χ0n) is 26.5. The molecule has 0 aliphatic carbocycles.